The first-order valence-electron chi connectivity index (χ1n) is 8.03. The fourth-order valence-corrected chi connectivity index (χ4v) is 2.67. The summed E-state index contributed by atoms with van der Waals surface area (Å²) in [6, 6.07) is 1.52. The van der Waals surface area contributed by atoms with E-state index in [0.29, 0.717) is 19.1 Å². The van der Waals surface area contributed by atoms with Gasteiger partial charge in [0.15, 0.2) is 0 Å². The lowest BCUT2D eigenvalue weighted by Crippen LogP contribution is -2.44. The van der Waals surface area contributed by atoms with Gasteiger partial charge >= 0.3 is 6.01 Å². The number of hydrogen-bond acceptors (Lipinski definition) is 5. The average Bonchev–Trinajstić information content (AvgIpc) is 2.62. The summed E-state index contributed by atoms with van der Waals surface area (Å²) in [5.74, 6) is -0.757. The Bertz CT molecular complexity index is 708. The number of aromatic nitrogens is 3. The second-order valence-electron chi connectivity index (χ2n) is 5.75. The molecule has 6 nitrogen and oxygen atoms in total. The quantitative estimate of drug-likeness (QED) is 0.860. The number of piperidine rings is 1. The minimum atomic E-state index is -0.518. The van der Waals surface area contributed by atoms with Gasteiger partial charge in [0.1, 0.15) is 11.9 Å². The van der Waals surface area contributed by atoms with Crippen LogP contribution in [-0.2, 0) is 6.42 Å². The van der Waals surface area contributed by atoms with Crippen molar-refractivity contribution in [2.24, 2.45) is 0 Å². The Morgan fingerprint density at radius 2 is 2.12 bits per heavy atom. The van der Waals surface area contributed by atoms with Crippen molar-refractivity contribution in [2.45, 2.75) is 32.3 Å². The Kier molecular flexibility index (Phi) is 4.98. The molecule has 1 saturated heterocycles. The van der Waals surface area contributed by atoms with E-state index >= 15 is 0 Å². The molecule has 2 aromatic heterocycles. The lowest BCUT2D eigenvalue weighted by molar-refractivity contribution is 0.0515. The normalized spacial score (nSPS) is 17.6. The van der Waals surface area contributed by atoms with E-state index in [4.69, 9.17) is 4.74 Å². The number of ether oxygens (including phenoxy) is 1. The fraction of sp³-hybridized carbons (Fsp3) is 0.412. The first-order valence-corrected chi connectivity index (χ1v) is 8.03. The van der Waals surface area contributed by atoms with Crippen LogP contribution in [0.1, 0.15) is 35.7 Å². The summed E-state index contributed by atoms with van der Waals surface area (Å²) >= 11 is 0. The van der Waals surface area contributed by atoms with Gasteiger partial charge in [-0.25, -0.2) is 14.4 Å². The fourth-order valence-electron chi connectivity index (χ4n) is 2.67. The van der Waals surface area contributed by atoms with Gasteiger partial charge in [0, 0.05) is 25.1 Å². The number of pyridine rings is 1. The molecule has 3 heterocycles. The van der Waals surface area contributed by atoms with Crippen LogP contribution < -0.4 is 4.74 Å². The maximum absolute atomic E-state index is 13.2. The molecule has 7 heteroatoms. The van der Waals surface area contributed by atoms with E-state index in [9.17, 15) is 9.18 Å². The van der Waals surface area contributed by atoms with Crippen molar-refractivity contribution in [3.05, 3.63) is 47.8 Å². The first kappa shape index (κ1) is 16.3. The molecule has 0 spiro atoms. The van der Waals surface area contributed by atoms with Gasteiger partial charge in [-0.15, -0.1) is 0 Å². The van der Waals surface area contributed by atoms with Gasteiger partial charge in [-0.3, -0.25) is 9.78 Å². The van der Waals surface area contributed by atoms with E-state index in [0.717, 1.165) is 31.0 Å². The number of carbonyl (C=O) groups excluding carboxylic acids is 1. The summed E-state index contributed by atoms with van der Waals surface area (Å²) in [4.78, 5) is 26.2. The summed E-state index contributed by atoms with van der Waals surface area (Å²) in [5, 5.41) is 0. The highest BCUT2D eigenvalue weighted by Crippen LogP contribution is 2.17. The zero-order chi connectivity index (χ0) is 16.9. The van der Waals surface area contributed by atoms with Gasteiger partial charge in [-0.1, -0.05) is 6.92 Å². The molecule has 3 rings (SSSR count). The molecule has 1 aliphatic heterocycles. The van der Waals surface area contributed by atoms with Gasteiger partial charge in [-0.05, 0) is 30.9 Å². The number of hydrogen-bond donors (Lipinski definition) is 0. The molecule has 0 N–H and O–H groups in total. The molecule has 1 aliphatic rings. The van der Waals surface area contributed by atoms with E-state index < -0.39 is 5.82 Å². The molecule has 1 amide bonds. The van der Waals surface area contributed by atoms with Crippen molar-refractivity contribution in [1.82, 2.24) is 19.9 Å². The van der Waals surface area contributed by atoms with Crippen LogP contribution in [0.15, 0.2) is 30.9 Å². The van der Waals surface area contributed by atoms with Crippen LogP contribution in [0.4, 0.5) is 4.39 Å². The number of likely N-dealkylation sites (tertiary alicyclic amines) is 1. The second kappa shape index (κ2) is 7.33. The molecule has 0 aliphatic carbocycles. The number of aryl methyl sites for hydroxylation is 1. The van der Waals surface area contributed by atoms with E-state index in [-0.39, 0.29) is 17.6 Å². The molecular formula is C17H19FN4O2. The minimum absolute atomic E-state index is 0.170. The van der Waals surface area contributed by atoms with Gasteiger partial charge < -0.3 is 9.64 Å². The van der Waals surface area contributed by atoms with Crippen LogP contribution in [0.2, 0.25) is 0 Å². The highest BCUT2D eigenvalue weighted by atomic mass is 19.1. The lowest BCUT2D eigenvalue weighted by Gasteiger charge is -2.32. The van der Waals surface area contributed by atoms with Crippen molar-refractivity contribution in [1.29, 1.82) is 0 Å². The predicted octanol–water partition coefficient (Wildman–Crippen LogP) is 2.26. The third-order valence-corrected chi connectivity index (χ3v) is 3.98. The standard InChI is InChI=1S/C17H19FN4O2/c1-2-12-7-20-17(21-8-12)24-15-4-3-5-22(11-15)16(23)13-6-14(18)10-19-9-13/h6-10,15H,2-5,11H2,1H3. The molecule has 1 unspecified atom stereocenters. The number of halogens is 1. The first-order chi connectivity index (χ1) is 11.7. The number of nitrogens with zero attached hydrogens (tertiary/aromatic N) is 4. The van der Waals surface area contributed by atoms with Crippen molar-refractivity contribution in [3.63, 3.8) is 0 Å². The maximum Gasteiger partial charge on any atom is 0.316 e. The number of carbonyl (C=O) groups is 1. The molecule has 0 radical (unpaired) electrons. The van der Waals surface area contributed by atoms with Crippen LogP contribution in [0.5, 0.6) is 6.01 Å². The van der Waals surface area contributed by atoms with Crippen LogP contribution >= 0.6 is 0 Å². The highest BCUT2D eigenvalue weighted by Gasteiger charge is 2.26. The minimum Gasteiger partial charge on any atom is -0.458 e. The summed E-state index contributed by atoms with van der Waals surface area (Å²) in [6.07, 6.45) is 8.28. The Morgan fingerprint density at radius 3 is 2.83 bits per heavy atom. The van der Waals surface area contributed by atoms with Gasteiger partial charge in [0.05, 0.1) is 18.3 Å². The number of amides is 1. The third-order valence-electron chi connectivity index (χ3n) is 3.98. The Balaban J connectivity index is 1.64. The van der Waals surface area contributed by atoms with Crippen LogP contribution in [0.25, 0.3) is 0 Å². The molecular weight excluding hydrogens is 311 g/mol. The monoisotopic (exact) mass is 330 g/mol. The molecule has 2 aromatic rings. The van der Waals surface area contributed by atoms with E-state index in [1.54, 1.807) is 17.3 Å². The summed E-state index contributed by atoms with van der Waals surface area (Å²) in [7, 11) is 0. The summed E-state index contributed by atoms with van der Waals surface area (Å²) in [6.45, 7) is 3.07. The topological polar surface area (TPSA) is 68.2 Å². The van der Waals surface area contributed by atoms with Gasteiger partial charge in [-0.2, -0.15) is 0 Å². The SMILES string of the molecule is CCc1cnc(OC2CCCN(C(=O)c3cncc(F)c3)C2)nc1. The van der Waals surface area contributed by atoms with Crippen LogP contribution in [-0.4, -0.2) is 45.0 Å². The largest absolute Gasteiger partial charge is 0.458 e. The zero-order valence-corrected chi connectivity index (χ0v) is 13.5. The van der Waals surface area contributed by atoms with Gasteiger partial charge in [0.2, 0.25) is 0 Å². The number of rotatable bonds is 4. The van der Waals surface area contributed by atoms with E-state index in [1.165, 1.54) is 12.3 Å². The van der Waals surface area contributed by atoms with E-state index in [2.05, 4.69) is 15.0 Å². The average molecular weight is 330 g/mol. The summed E-state index contributed by atoms with van der Waals surface area (Å²) in [5.41, 5.74) is 1.29. The second-order valence-corrected chi connectivity index (χ2v) is 5.75. The third kappa shape index (κ3) is 3.84. The van der Waals surface area contributed by atoms with Crippen LogP contribution in [0.3, 0.4) is 0 Å². The van der Waals surface area contributed by atoms with Crippen molar-refractivity contribution < 1.29 is 13.9 Å². The zero-order valence-electron chi connectivity index (χ0n) is 13.5. The molecule has 0 saturated carbocycles. The summed E-state index contributed by atoms with van der Waals surface area (Å²) < 4.78 is 19.0. The lowest BCUT2D eigenvalue weighted by atomic mass is 10.1. The Labute approximate surface area is 139 Å². The van der Waals surface area contributed by atoms with Crippen molar-refractivity contribution in [3.8, 4) is 6.01 Å². The Hall–Kier alpha value is -2.57. The van der Waals surface area contributed by atoms with Crippen molar-refractivity contribution >= 4 is 5.91 Å². The van der Waals surface area contributed by atoms with E-state index in [1.807, 2.05) is 6.92 Å². The molecule has 126 valence electrons. The molecule has 1 fully saturated rings. The highest BCUT2D eigenvalue weighted by molar-refractivity contribution is 5.94. The molecule has 24 heavy (non-hydrogen) atoms. The molecule has 0 bridgehead atoms. The van der Waals surface area contributed by atoms with Crippen LogP contribution in [0, 0.1) is 5.82 Å². The smallest absolute Gasteiger partial charge is 0.316 e. The predicted molar refractivity (Wildman–Crippen MR) is 85.2 cm³/mol. The molecule has 0 aromatic carbocycles. The van der Waals surface area contributed by atoms with Gasteiger partial charge in [0.25, 0.3) is 5.91 Å². The molecule has 1 atom stereocenters. The Morgan fingerprint density at radius 1 is 1.33 bits per heavy atom. The van der Waals surface area contributed by atoms with Crippen molar-refractivity contribution in [2.75, 3.05) is 13.1 Å². The maximum atomic E-state index is 13.2.